The fourth-order valence-electron chi connectivity index (χ4n) is 8.55. The molecule has 2 aliphatic rings. The monoisotopic (exact) mass is 689 g/mol. The highest BCUT2D eigenvalue weighted by atomic mass is 16.5. The zero-order valence-corrected chi connectivity index (χ0v) is 32.2. The lowest BCUT2D eigenvalue weighted by atomic mass is 9.75. The van der Waals surface area contributed by atoms with Crippen molar-refractivity contribution in [3.8, 4) is 11.5 Å². The lowest BCUT2D eigenvalue weighted by molar-refractivity contribution is 0.319. The second kappa shape index (κ2) is 16.6. The van der Waals surface area contributed by atoms with E-state index in [-0.39, 0.29) is 5.41 Å². The average Bonchev–Trinajstić information content (AvgIpc) is 3.14. The van der Waals surface area contributed by atoms with Gasteiger partial charge in [0, 0.05) is 6.54 Å². The Morgan fingerprint density at radius 3 is 1.63 bits per heavy atom. The minimum Gasteiger partial charge on any atom is -0.453 e. The van der Waals surface area contributed by atoms with Crippen molar-refractivity contribution in [2.45, 2.75) is 117 Å². The number of hydrogen-bond donors (Lipinski definition) is 0. The van der Waals surface area contributed by atoms with E-state index in [9.17, 15) is 0 Å². The van der Waals surface area contributed by atoms with E-state index in [4.69, 9.17) is 4.74 Å². The van der Waals surface area contributed by atoms with Gasteiger partial charge in [-0.1, -0.05) is 119 Å². The van der Waals surface area contributed by atoms with Crippen LogP contribution in [0.5, 0.6) is 11.5 Å². The van der Waals surface area contributed by atoms with Gasteiger partial charge < -0.3 is 9.64 Å². The number of nitrogens with zero attached hydrogens (tertiary/aromatic N) is 1. The van der Waals surface area contributed by atoms with Crippen molar-refractivity contribution in [2.24, 2.45) is 5.41 Å². The van der Waals surface area contributed by atoms with Crippen LogP contribution in [0, 0.1) is 5.41 Å². The van der Waals surface area contributed by atoms with Crippen LogP contribution in [0.3, 0.4) is 0 Å². The molecule has 0 radical (unpaired) electrons. The van der Waals surface area contributed by atoms with Crippen LogP contribution in [0.2, 0.25) is 0 Å². The Balaban J connectivity index is 0.916. The summed E-state index contributed by atoms with van der Waals surface area (Å²) in [5.74, 6) is 3.02. The van der Waals surface area contributed by atoms with Crippen molar-refractivity contribution in [1.29, 1.82) is 0 Å². The number of rotatable bonds is 16. The van der Waals surface area contributed by atoms with Crippen LogP contribution in [0.15, 0.2) is 115 Å². The largest absolute Gasteiger partial charge is 0.453 e. The van der Waals surface area contributed by atoms with Crippen molar-refractivity contribution in [3.63, 3.8) is 0 Å². The van der Waals surface area contributed by atoms with Gasteiger partial charge >= 0.3 is 0 Å². The van der Waals surface area contributed by atoms with E-state index in [1.807, 2.05) is 0 Å². The minimum absolute atomic E-state index is 0.287. The highest BCUT2D eigenvalue weighted by molar-refractivity contribution is 5.77. The molecule has 0 N–H and O–H groups in total. The van der Waals surface area contributed by atoms with Crippen molar-refractivity contribution in [3.05, 3.63) is 154 Å². The molecule has 2 unspecified atom stereocenters. The summed E-state index contributed by atoms with van der Waals surface area (Å²) < 4.78 is 6.19. The molecule has 52 heavy (non-hydrogen) atoms. The van der Waals surface area contributed by atoms with Gasteiger partial charge in [-0.3, -0.25) is 0 Å². The number of fused-ring (bicyclic) bond motifs is 3. The normalized spacial score (nSPS) is 14.4. The molecule has 0 fully saturated rings. The van der Waals surface area contributed by atoms with Crippen LogP contribution in [0.1, 0.15) is 123 Å². The maximum absolute atomic E-state index is 6.19. The molecule has 270 valence electrons. The molecule has 0 saturated carbocycles. The Morgan fingerprint density at radius 1 is 0.577 bits per heavy atom. The number of hydrogen-bond acceptors (Lipinski definition) is 2. The summed E-state index contributed by atoms with van der Waals surface area (Å²) in [5.41, 5.74) is 13.2. The number of ether oxygens (including phenoxy) is 1. The molecule has 7 rings (SSSR count). The summed E-state index contributed by atoms with van der Waals surface area (Å²) in [6, 6.07) is 43.4. The topological polar surface area (TPSA) is 12.5 Å². The molecule has 0 amide bonds. The molecular weight excluding hydrogens is 631 g/mol. The molecule has 1 aliphatic heterocycles. The molecule has 0 bridgehead atoms. The van der Waals surface area contributed by atoms with E-state index >= 15 is 0 Å². The van der Waals surface area contributed by atoms with E-state index in [2.05, 4.69) is 148 Å². The molecule has 2 heteroatoms. The van der Waals surface area contributed by atoms with Crippen molar-refractivity contribution in [1.82, 2.24) is 0 Å². The zero-order valence-electron chi connectivity index (χ0n) is 32.2. The third kappa shape index (κ3) is 9.00. The van der Waals surface area contributed by atoms with Gasteiger partial charge in [0.2, 0.25) is 0 Å². The van der Waals surface area contributed by atoms with E-state index in [0.717, 1.165) is 48.7 Å². The molecule has 2 atom stereocenters. The second-order valence-corrected chi connectivity index (χ2v) is 16.7. The Kier molecular flexibility index (Phi) is 11.5. The SMILES string of the molecule is CCC(CC(CC(C)(C)C)c1ccc(CCCCc2ccc3c(c2)CC3)cc1)c1ccc(CCCCN2c3ccccc3Oc3ccccc32)cc1. The Morgan fingerprint density at radius 2 is 1.10 bits per heavy atom. The summed E-state index contributed by atoms with van der Waals surface area (Å²) in [5, 5.41) is 0. The number of aryl methyl sites for hydroxylation is 5. The summed E-state index contributed by atoms with van der Waals surface area (Å²) in [4.78, 5) is 2.43. The van der Waals surface area contributed by atoms with E-state index in [0.29, 0.717) is 11.8 Å². The van der Waals surface area contributed by atoms with Crippen molar-refractivity contribution in [2.75, 3.05) is 11.4 Å². The van der Waals surface area contributed by atoms with Gasteiger partial charge in [-0.2, -0.15) is 0 Å². The van der Waals surface area contributed by atoms with Crippen LogP contribution >= 0.6 is 0 Å². The number of para-hydroxylation sites is 4. The van der Waals surface area contributed by atoms with Crippen LogP contribution in [-0.4, -0.2) is 6.54 Å². The summed E-state index contributed by atoms with van der Waals surface area (Å²) >= 11 is 0. The molecule has 0 aromatic heterocycles. The quantitative estimate of drug-likeness (QED) is 0.0956. The fraction of sp³-hybridized carbons (Fsp3) is 0.400. The van der Waals surface area contributed by atoms with Crippen molar-refractivity contribution >= 4 is 11.4 Å². The second-order valence-electron chi connectivity index (χ2n) is 16.7. The lowest BCUT2D eigenvalue weighted by Crippen LogP contribution is -2.22. The van der Waals surface area contributed by atoms with E-state index in [1.165, 1.54) is 85.6 Å². The summed E-state index contributed by atoms with van der Waals surface area (Å²) in [6.45, 7) is 10.6. The maximum Gasteiger partial charge on any atom is 0.151 e. The maximum atomic E-state index is 6.19. The third-order valence-electron chi connectivity index (χ3n) is 11.6. The standard InChI is InChI=1S/C50H59NO/c1-5-40(35-45(36-50(2,3)4)43-28-23-37(24-29-43)14-6-7-16-39-25-30-42-31-32-44(42)34-39)41-26-21-38(22-27-41)15-12-13-33-51-46-17-8-10-19-48(46)52-49-20-11-9-18-47(49)51/h8-11,17-30,34,40,45H,5-7,12-16,31-33,35-36H2,1-4H3. The molecule has 2 nitrogen and oxygen atoms in total. The first-order valence-corrected chi connectivity index (χ1v) is 20.2. The Bertz CT molecular complexity index is 1850. The summed E-state index contributed by atoms with van der Waals surface area (Å²) in [7, 11) is 0. The number of unbranched alkanes of at least 4 members (excludes halogenated alkanes) is 2. The number of anilines is 2. The van der Waals surface area contributed by atoms with Crippen LogP contribution in [0.25, 0.3) is 0 Å². The average molecular weight is 690 g/mol. The van der Waals surface area contributed by atoms with Gasteiger partial charge in [-0.15, -0.1) is 0 Å². The predicted molar refractivity (Wildman–Crippen MR) is 221 cm³/mol. The van der Waals surface area contributed by atoms with Crippen LogP contribution in [0.4, 0.5) is 11.4 Å². The molecule has 1 heterocycles. The van der Waals surface area contributed by atoms with Gasteiger partial charge in [-0.25, -0.2) is 0 Å². The molecular formula is C50H59NO. The molecule has 5 aromatic carbocycles. The van der Waals surface area contributed by atoms with Crippen molar-refractivity contribution < 1.29 is 4.74 Å². The van der Waals surface area contributed by atoms with Gasteiger partial charge in [0.25, 0.3) is 0 Å². The van der Waals surface area contributed by atoms with Gasteiger partial charge in [-0.05, 0) is 158 Å². The molecule has 1 aliphatic carbocycles. The Labute approximate surface area is 314 Å². The highest BCUT2D eigenvalue weighted by Crippen LogP contribution is 2.46. The summed E-state index contributed by atoms with van der Waals surface area (Å²) in [6.07, 6.45) is 14.4. The van der Waals surface area contributed by atoms with Crippen LogP contribution in [-0.2, 0) is 32.1 Å². The smallest absolute Gasteiger partial charge is 0.151 e. The fourth-order valence-corrected chi connectivity index (χ4v) is 8.55. The lowest BCUT2D eigenvalue weighted by Gasteiger charge is -2.32. The number of benzene rings is 5. The minimum atomic E-state index is 0.287. The van der Waals surface area contributed by atoms with Crippen LogP contribution < -0.4 is 9.64 Å². The molecule has 0 spiro atoms. The van der Waals surface area contributed by atoms with Gasteiger partial charge in [0.15, 0.2) is 11.5 Å². The van der Waals surface area contributed by atoms with E-state index in [1.54, 1.807) is 11.1 Å². The van der Waals surface area contributed by atoms with Gasteiger partial charge in [0.1, 0.15) is 0 Å². The first kappa shape index (κ1) is 36.1. The third-order valence-corrected chi connectivity index (χ3v) is 11.6. The predicted octanol–water partition coefficient (Wildman–Crippen LogP) is 13.7. The Hall–Kier alpha value is -4.30. The highest BCUT2D eigenvalue weighted by Gasteiger charge is 2.25. The van der Waals surface area contributed by atoms with E-state index < -0.39 is 0 Å². The molecule has 5 aromatic rings. The zero-order chi connectivity index (χ0) is 35.9. The first-order chi connectivity index (χ1) is 25.3. The van der Waals surface area contributed by atoms with Gasteiger partial charge in [0.05, 0.1) is 11.4 Å². The molecule has 0 saturated heterocycles. The first-order valence-electron chi connectivity index (χ1n) is 20.2.